The van der Waals surface area contributed by atoms with Crippen LogP contribution in [0.3, 0.4) is 0 Å². The smallest absolute Gasteiger partial charge is 0.251 e. The van der Waals surface area contributed by atoms with E-state index < -0.39 is 6.04 Å². The number of rotatable bonds is 8. The van der Waals surface area contributed by atoms with Gasteiger partial charge in [-0.05, 0) is 60.6 Å². The highest BCUT2D eigenvalue weighted by Gasteiger charge is 2.41. The molecule has 1 atom stereocenters. The van der Waals surface area contributed by atoms with Crippen LogP contribution in [-0.4, -0.2) is 60.6 Å². The highest BCUT2D eigenvalue weighted by Crippen LogP contribution is 2.28. The molecule has 2 aromatic carbocycles. The SMILES string of the molecule is COc1ccc(CCN2C(=S)N(C)C(=O)[C@H]2CC(=O)Nc2ccc(Cl)cc2)cc1OC. The fraction of sp³-hybridized carbons (Fsp3) is 0.318. The van der Waals surface area contributed by atoms with Crippen LogP contribution in [0.2, 0.25) is 5.02 Å². The molecule has 0 aliphatic carbocycles. The lowest BCUT2D eigenvalue weighted by Gasteiger charge is -2.23. The van der Waals surface area contributed by atoms with Gasteiger partial charge in [0, 0.05) is 24.3 Å². The molecule has 164 valence electrons. The Labute approximate surface area is 191 Å². The third kappa shape index (κ3) is 5.26. The lowest BCUT2D eigenvalue weighted by molar-refractivity contribution is -0.130. The van der Waals surface area contributed by atoms with E-state index in [1.165, 1.54) is 4.90 Å². The summed E-state index contributed by atoms with van der Waals surface area (Å²) in [7, 11) is 4.80. The van der Waals surface area contributed by atoms with Crippen LogP contribution in [0.1, 0.15) is 12.0 Å². The number of thiocarbonyl (C=S) groups is 1. The van der Waals surface area contributed by atoms with E-state index in [1.54, 1.807) is 50.4 Å². The minimum atomic E-state index is -0.648. The molecule has 7 nitrogen and oxygen atoms in total. The van der Waals surface area contributed by atoms with Crippen molar-refractivity contribution in [2.75, 3.05) is 33.1 Å². The van der Waals surface area contributed by atoms with Gasteiger partial charge in [-0.3, -0.25) is 14.5 Å². The van der Waals surface area contributed by atoms with E-state index in [1.807, 2.05) is 18.2 Å². The lowest BCUT2D eigenvalue weighted by Crippen LogP contribution is -2.39. The normalized spacial score (nSPS) is 15.9. The highest BCUT2D eigenvalue weighted by atomic mass is 35.5. The fourth-order valence-corrected chi connectivity index (χ4v) is 3.87. The van der Waals surface area contributed by atoms with Gasteiger partial charge in [0.1, 0.15) is 6.04 Å². The molecule has 0 radical (unpaired) electrons. The highest BCUT2D eigenvalue weighted by molar-refractivity contribution is 7.80. The summed E-state index contributed by atoms with van der Waals surface area (Å²) in [5, 5.41) is 3.79. The molecule has 0 saturated carbocycles. The van der Waals surface area contributed by atoms with Gasteiger partial charge in [-0.25, -0.2) is 0 Å². The maximum absolute atomic E-state index is 12.7. The van der Waals surface area contributed by atoms with Crippen LogP contribution in [0.15, 0.2) is 42.5 Å². The monoisotopic (exact) mass is 461 g/mol. The molecule has 3 rings (SSSR count). The van der Waals surface area contributed by atoms with Crippen molar-refractivity contribution in [1.29, 1.82) is 0 Å². The second-order valence-corrected chi connectivity index (χ2v) is 7.89. The number of amides is 2. The van der Waals surface area contributed by atoms with Gasteiger partial charge in [-0.15, -0.1) is 0 Å². The van der Waals surface area contributed by atoms with Crippen molar-refractivity contribution in [1.82, 2.24) is 9.80 Å². The van der Waals surface area contributed by atoms with E-state index in [9.17, 15) is 9.59 Å². The zero-order chi connectivity index (χ0) is 22.5. The molecule has 1 aliphatic rings. The van der Waals surface area contributed by atoms with Crippen molar-refractivity contribution in [3.05, 3.63) is 53.1 Å². The number of carbonyl (C=O) groups is 2. The van der Waals surface area contributed by atoms with Crippen molar-refractivity contribution >= 4 is 46.4 Å². The molecule has 0 unspecified atom stereocenters. The molecule has 31 heavy (non-hydrogen) atoms. The van der Waals surface area contributed by atoms with E-state index in [4.69, 9.17) is 33.3 Å². The maximum Gasteiger partial charge on any atom is 0.251 e. The van der Waals surface area contributed by atoms with Crippen molar-refractivity contribution in [3.8, 4) is 11.5 Å². The minimum absolute atomic E-state index is 0.00211. The summed E-state index contributed by atoms with van der Waals surface area (Å²) < 4.78 is 10.6. The van der Waals surface area contributed by atoms with Crippen LogP contribution in [0.4, 0.5) is 5.69 Å². The van der Waals surface area contributed by atoms with Gasteiger partial charge in [0.25, 0.3) is 5.91 Å². The number of ether oxygens (including phenoxy) is 2. The van der Waals surface area contributed by atoms with Crippen molar-refractivity contribution in [3.63, 3.8) is 0 Å². The predicted octanol–water partition coefficient (Wildman–Crippen LogP) is 3.36. The first-order valence-corrected chi connectivity index (χ1v) is 10.5. The van der Waals surface area contributed by atoms with Gasteiger partial charge in [-0.2, -0.15) is 0 Å². The number of carbonyl (C=O) groups excluding carboxylic acids is 2. The Hall–Kier alpha value is -2.84. The van der Waals surface area contributed by atoms with Crippen LogP contribution in [0.25, 0.3) is 0 Å². The molecule has 1 aliphatic heterocycles. The van der Waals surface area contributed by atoms with Gasteiger partial charge >= 0.3 is 0 Å². The number of nitrogens with one attached hydrogen (secondary N) is 1. The van der Waals surface area contributed by atoms with Crippen LogP contribution in [0, 0.1) is 0 Å². The molecular formula is C22H24ClN3O4S. The van der Waals surface area contributed by atoms with Gasteiger partial charge in [0.05, 0.1) is 20.6 Å². The van der Waals surface area contributed by atoms with Crippen molar-refractivity contribution in [2.45, 2.75) is 18.9 Å². The minimum Gasteiger partial charge on any atom is -0.493 e. The summed E-state index contributed by atoms with van der Waals surface area (Å²) in [6, 6.07) is 11.8. The quantitative estimate of drug-likeness (QED) is 0.608. The standard InChI is InChI=1S/C22H24ClN3O4S/c1-25-21(28)17(13-20(27)24-16-7-5-15(23)6-8-16)26(22(25)31)11-10-14-4-9-18(29-2)19(12-14)30-3/h4-9,12,17H,10-11,13H2,1-3H3,(H,24,27)/t17-/m1/s1. The molecule has 9 heteroatoms. The molecule has 0 spiro atoms. The zero-order valence-corrected chi connectivity index (χ0v) is 19.1. The second kappa shape index (κ2) is 9.98. The van der Waals surface area contributed by atoms with E-state index in [2.05, 4.69) is 5.32 Å². The Kier molecular flexibility index (Phi) is 7.35. The van der Waals surface area contributed by atoms with E-state index >= 15 is 0 Å². The summed E-state index contributed by atoms with van der Waals surface area (Å²) in [6.07, 6.45) is 0.620. The third-order valence-electron chi connectivity index (χ3n) is 5.12. The molecule has 1 heterocycles. The number of hydrogen-bond donors (Lipinski definition) is 1. The van der Waals surface area contributed by atoms with Gasteiger partial charge < -0.3 is 19.7 Å². The largest absolute Gasteiger partial charge is 0.493 e. The topological polar surface area (TPSA) is 71.1 Å². The summed E-state index contributed by atoms with van der Waals surface area (Å²) in [6.45, 7) is 0.489. The van der Waals surface area contributed by atoms with Gasteiger partial charge in [0.2, 0.25) is 5.91 Å². The molecule has 1 saturated heterocycles. The van der Waals surface area contributed by atoms with Crippen LogP contribution in [0.5, 0.6) is 11.5 Å². The Morgan fingerprint density at radius 1 is 1.13 bits per heavy atom. The molecule has 1 N–H and O–H groups in total. The Balaban J connectivity index is 1.68. The molecule has 2 aromatic rings. The summed E-state index contributed by atoms with van der Waals surface area (Å²) in [5.41, 5.74) is 1.62. The van der Waals surface area contributed by atoms with Gasteiger partial charge in [-0.1, -0.05) is 17.7 Å². The fourth-order valence-electron chi connectivity index (χ4n) is 3.43. The van der Waals surface area contributed by atoms with E-state index in [0.29, 0.717) is 40.3 Å². The third-order valence-corrected chi connectivity index (χ3v) is 5.88. The van der Waals surface area contributed by atoms with E-state index in [-0.39, 0.29) is 18.2 Å². The molecular weight excluding hydrogens is 438 g/mol. The lowest BCUT2D eigenvalue weighted by atomic mass is 10.1. The molecule has 0 bridgehead atoms. The van der Waals surface area contributed by atoms with Gasteiger partial charge in [0.15, 0.2) is 16.6 Å². The Morgan fingerprint density at radius 2 is 1.81 bits per heavy atom. The number of nitrogens with zero attached hydrogens (tertiary/aromatic N) is 2. The number of anilines is 1. The van der Waals surface area contributed by atoms with Crippen molar-refractivity contribution in [2.24, 2.45) is 0 Å². The number of benzene rings is 2. The Bertz CT molecular complexity index is 983. The van der Waals surface area contributed by atoms with E-state index in [0.717, 1.165) is 5.56 Å². The Morgan fingerprint density at radius 3 is 2.45 bits per heavy atom. The number of hydrogen-bond acceptors (Lipinski definition) is 5. The summed E-state index contributed by atoms with van der Waals surface area (Å²) in [4.78, 5) is 28.5. The summed E-state index contributed by atoms with van der Waals surface area (Å²) in [5.74, 6) is 0.823. The summed E-state index contributed by atoms with van der Waals surface area (Å²) >= 11 is 11.3. The number of methoxy groups -OCH3 is 2. The zero-order valence-electron chi connectivity index (χ0n) is 17.6. The first kappa shape index (κ1) is 22.8. The molecule has 1 fully saturated rings. The average molecular weight is 462 g/mol. The van der Waals surface area contributed by atoms with Crippen LogP contribution < -0.4 is 14.8 Å². The predicted molar refractivity (Wildman–Crippen MR) is 124 cm³/mol. The second-order valence-electron chi connectivity index (χ2n) is 7.09. The van der Waals surface area contributed by atoms with Crippen molar-refractivity contribution < 1.29 is 19.1 Å². The molecule has 0 aromatic heterocycles. The number of likely N-dealkylation sites (N-methyl/N-ethyl adjacent to an activating group) is 1. The molecule has 2 amide bonds. The first-order chi connectivity index (χ1) is 14.8. The average Bonchev–Trinajstić information content (AvgIpc) is 2.97. The number of halogens is 1. The maximum atomic E-state index is 12.7. The van der Waals surface area contributed by atoms with Crippen LogP contribution >= 0.6 is 23.8 Å². The van der Waals surface area contributed by atoms with Crippen LogP contribution in [-0.2, 0) is 16.0 Å². The first-order valence-electron chi connectivity index (χ1n) is 9.68.